The Hall–Kier alpha value is -2.02. The summed E-state index contributed by atoms with van der Waals surface area (Å²) >= 11 is 13.7. The van der Waals surface area contributed by atoms with Gasteiger partial charge in [-0.1, -0.05) is 28.4 Å². The molecule has 0 aliphatic carbocycles. The zero-order chi connectivity index (χ0) is 21.3. The van der Waals surface area contributed by atoms with Gasteiger partial charge in [-0.3, -0.25) is 14.4 Å². The van der Waals surface area contributed by atoms with E-state index in [0.29, 0.717) is 0 Å². The number of thiazole rings is 1. The van der Waals surface area contributed by atoms with E-state index in [4.69, 9.17) is 33.8 Å². The van der Waals surface area contributed by atoms with Crippen molar-refractivity contribution in [2.24, 2.45) is 10.6 Å². The normalized spacial score (nSPS) is 26.2. The van der Waals surface area contributed by atoms with Crippen LogP contribution in [0, 0.1) is 5.41 Å². The quantitative estimate of drug-likeness (QED) is 0.309. The highest BCUT2D eigenvalue weighted by Crippen LogP contribution is 2.43. The lowest BCUT2D eigenvalue weighted by Gasteiger charge is -2.53. The lowest BCUT2D eigenvalue weighted by atomic mass is 9.87. The lowest BCUT2D eigenvalue weighted by Crippen LogP contribution is -2.73. The third kappa shape index (κ3) is 4.15. The molecule has 3 heterocycles. The van der Waals surface area contributed by atoms with E-state index in [1.165, 1.54) is 29.8 Å². The molecular weight excluding hydrogens is 465 g/mol. The van der Waals surface area contributed by atoms with Crippen LogP contribution in [0.3, 0.4) is 0 Å². The summed E-state index contributed by atoms with van der Waals surface area (Å²) in [6.45, 7) is -0.101. The van der Waals surface area contributed by atoms with E-state index >= 15 is 0 Å². The number of hydrogen-bond donors (Lipinski definition) is 3. The second kappa shape index (κ2) is 8.38. The summed E-state index contributed by atoms with van der Waals surface area (Å²) in [5.41, 5.74) is 4.29. The highest BCUT2D eigenvalue weighted by atomic mass is 35.5. The number of anilines is 1. The second-order valence-electron chi connectivity index (χ2n) is 6.21. The summed E-state index contributed by atoms with van der Waals surface area (Å²) in [5, 5.41) is 17.2. The Morgan fingerprint density at radius 3 is 2.83 bits per heavy atom. The van der Waals surface area contributed by atoms with E-state index in [0.717, 1.165) is 11.3 Å². The first-order chi connectivity index (χ1) is 13.7. The Labute approximate surface area is 183 Å². The van der Waals surface area contributed by atoms with Crippen LogP contribution < -0.4 is 11.1 Å². The van der Waals surface area contributed by atoms with E-state index in [-0.39, 0.29) is 33.3 Å². The molecule has 156 valence electrons. The molecule has 14 heteroatoms. The molecule has 0 saturated carbocycles. The smallest absolute Gasteiger partial charge is 0.316 e. The zero-order valence-corrected chi connectivity index (χ0v) is 17.9. The number of carboxylic acid groups (broad SMARTS) is 1. The van der Waals surface area contributed by atoms with Gasteiger partial charge in [0.15, 0.2) is 10.8 Å². The van der Waals surface area contributed by atoms with Crippen molar-refractivity contribution in [3.63, 3.8) is 0 Å². The molecule has 29 heavy (non-hydrogen) atoms. The molecule has 2 fully saturated rings. The number of carboxylic acids is 1. The maximum atomic E-state index is 12.6. The number of halogens is 2. The highest BCUT2D eigenvalue weighted by Gasteiger charge is 2.57. The number of β-lactam (4-membered cyclic amide) rings is 1. The Bertz CT molecular complexity index is 919. The summed E-state index contributed by atoms with van der Waals surface area (Å²) in [4.78, 5) is 47.0. The molecule has 10 nitrogen and oxygen atoms in total. The number of aliphatic carboxylic acids is 1. The summed E-state index contributed by atoms with van der Waals surface area (Å²) in [6.07, 6.45) is 1.22. The summed E-state index contributed by atoms with van der Waals surface area (Å²) in [7, 11) is 1.28. The number of carbonyl (C=O) groups is 3. The van der Waals surface area contributed by atoms with Gasteiger partial charge in [-0.15, -0.1) is 23.1 Å². The number of thioether (sulfide) groups is 1. The van der Waals surface area contributed by atoms with Gasteiger partial charge >= 0.3 is 5.97 Å². The Morgan fingerprint density at radius 1 is 1.55 bits per heavy atom. The van der Waals surface area contributed by atoms with Crippen LogP contribution in [0.15, 0.2) is 21.1 Å². The fourth-order valence-corrected chi connectivity index (χ4v) is 5.45. The minimum absolute atomic E-state index is 0.101. The molecule has 0 radical (unpaired) electrons. The molecule has 0 bridgehead atoms. The Morgan fingerprint density at radius 2 is 2.28 bits per heavy atom. The van der Waals surface area contributed by atoms with Gasteiger partial charge in [-0.05, 0) is 6.08 Å². The molecule has 1 aromatic heterocycles. The number of nitrogens with two attached hydrogens (primary N) is 1. The Kier molecular flexibility index (Phi) is 6.27. The van der Waals surface area contributed by atoms with E-state index < -0.39 is 34.6 Å². The van der Waals surface area contributed by atoms with Crippen LogP contribution in [0.1, 0.15) is 5.69 Å². The fourth-order valence-electron chi connectivity index (χ4n) is 2.98. The van der Waals surface area contributed by atoms with Crippen molar-refractivity contribution in [3.8, 4) is 0 Å². The number of fused-ring (bicyclic) bond motifs is 1. The predicted octanol–water partition coefficient (Wildman–Crippen LogP) is 0.866. The number of nitrogens with zero attached hydrogens (tertiary/aromatic N) is 3. The third-order valence-electron chi connectivity index (χ3n) is 4.37. The van der Waals surface area contributed by atoms with Crippen LogP contribution in [0.4, 0.5) is 5.13 Å². The van der Waals surface area contributed by atoms with E-state index in [2.05, 4.69) is 15.5 Å². The zero-order valence-electron chi connectivity index (χ0n) is 14.8. The average Bonchev–Trinajstić information content (AvgIpc) is 3.09. The van der Waals surface area contributed by atoms with E-state index in [1.54, 1.807) is 5.38 Å². The number of nitrogens with one attached hydrogen (secondary N) is 1. The molecule has 2 amide bonds. The molecule has 2 aliphatic rings. The SMILES string of the molecule is CON=C(C(=O)NC1C(=O)N2CC(C=C(Cl)Cl)(C(=O)O)CS[C@H]12)c1csc(N)n1. The predicted molar refractivity (Wildman–Crippen MR) is 110 cm³/mol. The van der Waals surface area contributed by atoms with Crippen LogP contribution in [-0.2, 0) is 19.2 Å². The standard InChI is InChI=1S/C15H15Cl2N5O5S2/c1-27-21-8(6-3-28-14(18)19-6)10(23)20-9-11(24)22-4-15(13(25)26,2-7(16)17)5-29-12(9)22/h2-3,9,12H,4-5H2,1H3,(H2,18,19)(H,20,23)(H,25,26)/t9?,12-,15?/m1/s1. The first-order valence-corrected chi connectivity index (χ1v) is 10.7. The van der Waals surface area contributed by atoms with Crippen molar-refractivity contribution in [3.05, 3.63) is 21.6 Å². The summed E-state index contributed by atoms with van der Waals surface area (Å²) < 4.78 is -0.188. The van der Waals surface area contributed by atoms with Crippen molar-refractivity contribution in [2.45, 2.75) is 11.4 Å². The van der Waals surface area contributed by atoms with Gasteiger partial charge in [-0.25, -0.2) is 4.98 Å². The van der Waals surface area contributed by atoms with Gasteiger partial charge in [-0.2, -0.15) is 0 Å². The molecule has 3 atom stereocenters. The molecule has 2 aliphatic heterocycles. The average molecular weight is 480 g/mol. The van der Waals surface area contributed by atoms with Crippen LogP contribution in [0.25, 0.3) is 0 Å². The number of rotatable bonds is 6. The topological polar surface area (TPSA) is 147 Å². The van der Waals surface area contributed by atoms with Crippen LogP contribution >= 0.6 is 46.3 Å². The molecule has 3 rings (SSSR count). The molecule has 0 spiro atoms. The van der Waals surface area contributed by atoms with E-state index in [1.807, 2.05) is 0 Å². The number of nitrogen functional groups attached to an aromatic ring is 1. The second-order valence-corrected chi connectivity index (χ2v) is 9.21. The van der Waals surface area contributed by atoms with Crippen molar-refractivity contribution in [1.29, 1.82) is 0 Å². The molecule has 2 unspecified atom stereocenters. The highest BCUT2D eigenvalue weighted by molar-refractivity contribution is 8.00. The lowest BCUT2D eigenvalue weighted by molar-refractivity contribution is -0.156. The number of carbonyl (C=O) groups excluding carboxylic acids is 2. The van der Waals surface area contributed by atoms with Gasteiger partial charge in [0.25, 0.3) is 5.91 Å². The third-order valence-corrected chi connectivity index (χ3v) is 6.81. The largest absolute Gasteiger partial charge is 0.481 e. The van der Waals surface area contributed by atoms with E-state index in [9.17, 15) is 19.5 Å². The van der Waals surface area contributed by atoms with Crippen LogP contribution in [-0.4, -0.2) is 69.3 Å². The molecule has 4 N–H and O–H groups in total. The van der Waals surface area contributed by atoms with Crippen molar-refractivity contribution in [1.82, 2.24) is 15.2 Å². The number of aromatic nitrogens is 1. The van der Waals surface area contributed by atoms with Crippen LogP contribution in [0.5, 0.6) is 0 Å². The summed E-state index contributed by atoms with van der Waals surface area (Å²) in [6, 6.07) is -0.840. The number of hydrogen-bond acceptors (Lipinski definition) is 9. The van der Waals surface area contributed by atoms with Crippen molar-refractivity contribution >= 4 is 74.9 Å². The number of amides is 2. The Balaban J connectivity index is 1.73. The fraction of sp³-hybridized carbons (Fsp3) is 0.400. The molecular formula is C15H15Cl2N5O5S2. The molecule has 1 aromatic rings. The minimum atomic E-state index is -1.40. The maximum Gasteiger partial charge on any atom is 0.316 e. The summed E-state index contributed by atoms with van der Waals surface area (Å²) in [5.74, 6) is -2.09. The van der Waals surface area contributed by atoms with Crippen molar-refractivity contribution < 1.29 is 24.3 Å². The molecule has 2 saturated heterocycles. The van der Waals surface area contributed by atoms with Gasteiger partial charge in [0.2, 0.25) is 5.91 Å². The van der Waals surface area contributed by atoms with Gasteiger partial charge in [0, 0.05) is 17.7 Å². The molecule has 0 aromatic carbocycles. The van der Waals surface area contributed by atoms with Crippen LogP contribution in [0.2, 0.25) is 0 Å². The van der Waals surface area contributed by atoms with Gasteiger partial charge < -0.3 is 25.9 Å². The maximum absolute atomic E-state index is 12.6. The monoisotopic (exact) mass is 479 g/mol. The first kappa shape index (κ1) is 21.7. The minimum Gasteiger partial charge on any atom is -0.481 e. The van der Waals surface area contributed by atoms with Crippen molar-refractivity contribution in [2.75, 3.05) is 25.1 Å². The van der Waals surface area contributed by atoms with Gasteiger partial charge in [0.1, 0.15) is 34.1 Å². The van der Waals surface area contributed by atoms with Gasteiger partial charge in [0.05, 0.1) is 0 Å². The number of oxime groups is 1. The first-order valence-electron chi connectivity index (χ1n) is 8.01.